The lowest BCUT2D eigenvalue weighted by Gasteiger charge is -2.29. The highest BCUT2D eigenvalue weighted by Gasteiger charge is 2.35. The summed E-state index contributed by atoms with van der Waals surface area (Å²) < 4.78 is 5.24. The molecule has 1 aromatic carbocycles. The molecule has 2 atom stereocenters. The molecular weight excluding hydrogens is 344 g/mol. The van der Waals surface area contributed by atoms with E-state index in [1.54, 1.807) is 12.1 Å². The summed E-state index contributed by atoms with van der Waals surface area (Å²) in [6, 6.07) is 6.73. The maximum absolute atomic E-state index is 12.8. The van der Waals surface area contributed by atoms with Gasteiger partial charge in [0.25, 0.3) is 0 Å². The second-order valence-corrected chi connectivity index (χ2v) is 7.24. The first-order valence-corrected chi connectivity index (χ1v) is 9.62. The van der Waals surface area contributed by atoms with Gasteiger partial charge in [-0.2, -0.15) is 0 Å². The van der Waals surface area contributed by atoms with Crippen LogP contribution in [0.15, 0.2) is 33.5 Å². The van der Waals surface area contributed by atoms with E-state index in [2.05, 4.69) is 10.6 Å². The first kappa shape index (κ1) is 19.1. The molecule has 1 saturated carbocycles. The summed E-state index contributed by atoms with van der Waals surface area (Å²) in [5.41, 5.74) is 1.43. The van der Waals surface area contributed by atoms with Crippen molar-refractivity contribution < 1.29 is 14.0 Å². The molecule has 0 aliphatic heterocycles. The zero-order chi connectivity index (χ0) is 19.4. The Bertz CT molecular complexity index is 903. The van der Waals surface area contributed by atoms with Crippen molar-refractivity contribution in [3.8, 4) is 0 Å². The van der Waals surface area contributed by atoms with Crippen LogP contribution < -0.4 is 16.3 Å². The maximum atomic E-state index is 12.8. The van der Waals surface area contributed by atoms with Crippen molar-refractivity contribution in [1.29, 1.82) is 0 Å². The van der Waals surface area contributed by atoms with Gasteiger partial charge in [0.15, 0.2) is 0 Å². The normalized spacial score (nSPS) is 19.6. The van der Waals surface area contributed by atoms with E-state index in [9.17, 15) is 14.4 Å². The zero-order valence-corrected chi connectivity index (χ0v) is 15.8. The largest absolute Gasteiger partial charge is 0.423 e. The van der Waals surface area contributed by atoms with Gasteiger partial charge in [-0.3, -0.25) is 9.59 Å². The summed E-state index contributed by atoms with van der Waals surface area (Å²) in [6.45, 7) is 4.48. The molecule has 1 aromatic heterocycles. The van der Waals surface area contributed by atoms with Crippen molar-refractivity contribution in [3.63, 3.8) is 0 Å². The summed E-state index contributed by atoms with van der Waals surface area (Å²) >= 11 is 0. The smallest absolute Gasteiger partial charge is 0.336 e. The molecule has 144 valence electrons. The lowest BCUT2D eigenvalue weighted by Crippen LogP contribution is -2.41. The molecule has 2 aromatic rings. The number of aryl methyl sites for hydroxylation is 1. The summed E-state index contributed by atoms with van der Waals surface area (Å²) in [7, 11) is 0. The quantitative estimate of drug-likeness (QED) is 0.790. The van der Waals surface area contributed by atoms with Crippen LogP contribution in [0.4, 0.5) is 5.69 Å². The molecule has 2 N–H and O–H groups in total. The summed E-state index contributed by atoms with van der Waals surface area (Å²) in [5.74, 6) is -0.806. The number of rotatable bonds is 5. The van der Waals surface area contributed by atoms with E-state index < -0.39 is 5.63 Å². The Hall–Kier alpha value is -2.63. The topological polar surface area (TPSA) is 88.4 Å². The predicted octanol–water partition coefficient (Wildman–Crippen LogP) is 3.37. The Morgan fingerprint density at radius 1 is 1.11 bits per heavy atom. The zero-order valence-electron chi connectivity index (χ0n) is 15.8. The van der Waals surface area contributed by atoms with Gasteiger partial charge in [0.05, 0.1) is 0 Å². The molecule has 0 radical (unpaired) electrons. The summed E-state index contributed by atoms with van der Waals surface area (Å²) in [6.07, 6.45) is 4.23. The standard InChI is InChI=1S/C21H26N2O4/c1-3-10-22-20(25)16-6-4-5-7-17(16)21(26)23-14-8-9-15-13(2)11-19(24)27-18(15)12-14/h8-9,11-12,16-17H,3-7,10H2,1-2H3,(H,22,25)(H,23,26)/t16-,17+/m1/s1. The van der Waals surface area contributed by atoms with Crippen LogP contribution in [-0.4, -0.2) is 18.4 Å². The van der Waals surface area contributed by atoms with Crippen molar-refractivity contribution in [2.45, 2.75) is 46.0 Å². The molecule has 0 bridgehead atoms. The van der Waals surface area contributed by atoms with Gasteiger partial charge in [0.1, 0.15) is 5.58 Å². The predicted molar refractivity (Wildman–Crippen MR) is 105 cm³/mol. The number of fused-ring (bicyclic) bond motifs is 1. The Balaban J connectivity index is 1.77. The molecule has 1 aliphatic carbocycles. The summed E-state index contributed by atoms with van der Waals surface area (Å²) in [5, 5.41) is 6.66. The highest BCUT2D eigenvalue weighted by Crippen LogP contribution is 2.31. The number of hydrogen-bond acceptors (Lipinski definition) is 4. The molecule has 1 fully saturated rings. The van der Waals surface area contributed by atoms with E-state index in [0.717, 1.165) is 36.6 Å². The molecule has 2 amide bonds. The Morgan fingerprint density at radius 3 is 2.52 bits per heavy atom. The second-order valence-electron chi connectivity index (χ2n) is 7.24. The Morgan fingerprint density at radius 2 is 1.81 bits per heavy atom. The number of nitrogens with one attached hydrogen (secondary N) is 2. The van der Waals surface area contributed by atoms with E-state index in [-0.39, 0.29) is 23.7 Å². The van der Waals surface area contributed by atoms with Crippen LogP contribution in [-0.2, 0) is 9.59 Å². The lowest BCUT2D eigenvalue weighted by atomic mass is 9.78. The number of benzene rings is 1. The lowest BCUT2D eigenvalue weighted by molar-refractivity contribution is -0.134. The van der Waals surface area contributed by atoms with Crippen LogP contribution in [0.5, 0.6) is 0 Å². The summed E-state index contributed by atoms with van der Waals surface area (Å²) in [4.78, 5) is 36.9. The van der Waals surface area contributed by atoms with E-state index >= 15 is 0 Å². The first-order valence-electron chi connectivity index (χ1n) is 9.62. The fourth-order valence-corrected chi connectivity index (χ4v) is 3.78. The van der Waals surface area contributed by atoms with E-state index in [1.807, 2.05) is 19.9 Å². The van der Waals surface area contributed by atoms with Crippen LogP contribution in [0.1, 0.15) is 44.6 Å². The third-order valence-electron chi connectivity index (χ3n) is 5.21. The van der Waals surface area contributed by atoms with Gasteiger partial charge in [-0.1, -0.05) is 19.8 Å². The Kier molecular flexibility index (Phi) is 5.94. The molecule has 0 saturated heterocycles. The number of hydrogen-bond donors (Lipinski definition) is 2. The van der Waals surface area contributed by atoms with Gasteiger partial charge in [0.2, 0.25) is 11.8 Å². The number of carbonyl (C=O) groups excluding carboxylic acids is 2. The van der Waals surface area contributed by atoms with Crippen molar-refractivity contribution in [2.75, 3.05) is 11.9 Å². The van der Waals surface area contributed by atoms with Gasteiger partial charge in [-0.05, 0) is 43.9 Å². The third kappa shape index (κ3) is 4.38. The average molecular weight is 370 g/mol. The van der Waals surface area contributed by atoms with Crippen LogP contribution in [0.2, 0.25) is 0 Å². The van der Waals surface area contributed by atoms with Crippen LogP contribution >= 0.6 is 0 Å². The monoisotopic (exact) mass is 370 g/mol. The maximum Gasteiger partial charge on any atom is 0.336 e. The second kappa shape index (κ2) is 8.37. The van der Waals surface area contributed by atoms with Gasteiger partial charge in [-0.15, -0.1) is 0 Å². The van der Waals surface area contributed by atoms with Gasteiger partial charge < -0.3 is 15.1 Å². The number of amides is 2. The Labute approximate surface area is 158 Å². The van der Waals surface area contributed by atoms with E-state index in [0.29, 0.717) is 24.2 Å². The van der Waals surface area contributed by atoms with Crippen molar-refractivity contribution in [3.05, 3.63) is 40.2 Å². The molecule has 0 spiro atoms. The molecular formula is C21H26N2O4. The minimum absolute atomic E-state index is 0.0307. The van der Waals surface area contributed by atoms with Gasteiger partial charge in [-0.25, -0.2) is 4.79 Å². The minimum atomic E-state index is -0.414. The molecule has 3 rings (SSSR count). The molecule has 0 unspecified atom stereocenters. The third-order valence-corrected chi connectivity index (χ3v) is 5.21. The fraction of sp³-hybridized carbons (Fsp3) is 0.476. The molecule has 1 aliphatic rings. The van der Waals surface area contributed by atoms with Crippen molar-refractivity contribution >= 4 is 28.5 Å². The van der Waals surface area contributed by atoms with Crippen molar-refractivity contribution in [1.82, 2.24) is 5.32 Å². The molecule has 1 heterocycles. The van der Waals surface area contributed by atoms with E-state index in [4.69, 9.17) is 4.42 Å². The molecule has 6 heteroatoms. The van der Waals surface area contributed by atoms with Crippen LogP contribution in [0.3, 0.4) is 0 Å². The fourth-order valence-electron chi connectivity index (χ4n) is 3.78. The highest BCUT2D eigenvalue weighted by atomic mass is 16.4. The number of anilines is 1. The number of carbonyl (C=O) groups is 2. The SMILES string of the molecule is CCCNC(=O)[C@@H]1CCCC[C@@H]1C(=O)Nc1ccc2c(C)cc(=O)oc2c1. The van der Waals surface area contributed by atoms with E-state index in [1.165, 1.54) is 6.07 Å². The minimum Gasteiger partial charge on any atom is -0.423 e. The van der Waals surface area contributed by atoms with Crippen molar-refractivity contribution in [2.24, 2.45) is 11.8 Å². The average Bonchev–Trinajstić information content (AvgIpc) is 2.65. The molecule has 6 nitrogen and oxygen atoms in total. The van der Waals surface area contributed by atoms with Gasteiger partial charge in [0, 0.05) is 41.6 Å². The first-order chi connectivity index (χ1) is 13.0. The van der Waals surface area contributed by atoms with Crippen LogP contribution in [0, 0.1) is 18.8 Å². The molecule has 27 heavy (non-hydrogen) atoms. The van der Waals surface area contributed by atoms with Crippen LogP contribution in [0.25, 0.3) is 11.0 Å². The highest BCUT2D eigenvalue weighted by molar-refractivity contribution is 5.97. The van der Waals surface area contributed by atoms with Gasteiger partial charge >= 0.3 is 5.63 Å².